The molecular formula is C19H11BrClN5O2S. The van der Waals surface area contributed by atoms with Crippen molar-refractivity contribution in [1.29, 1.82) is 0 Å². The number of nitrogens with zero attached hydrogens (tertiary/aromatic N) is 4. The first-order valence-electron chi connectivity index (χ1n) is 8.45. The number of nitrogens with one attached hydrogen (secondary N) is 1. The lowest BCUT2D eigenvalue weighted by Crippen LogP contribution is -2.33. The van der Waals surface area contributed by atoms with Gasteiger partial charge < -0.3 is 4.98 Å². The number of aryl methyl sites for hydroxylation is 1. The Morgan fingerprint density at radius 3 is 2.83 bits per heavy atom. The number of benzene rings is 1. The number of hydrogen-bond donors (Lipinski definition) is 1. The minimum atomic E-state index is -0.541. The van der Waals surface area contributed by atoms with Crippen LogP contribution in [0.15, 0.2) is 56.9 Å². The molecule has 0 bridgehead atoms. The van der Waals surface area contributed by atoms with Gasteiger partial charge in [0.05, 0.1) is 34.1 Å². The first kappa shape index (κ1) is 18.3. The van der Waals surface area contributed by atoms with E-state index in [-0.39, 0.29) is 0 Å². The number of pyridine rings is 1. The van der Waals surface area contributed by atoms with Crippen molar-refractivity contribution in [2.24, 2.45) is 7.05 Å². The van der Waals surface area contributed by atoms with Gasteiger partial charge in [-0.25, -0.2) is 9.36 Å². The molecule has 7 nitrogen and oxygen atoms in total. The van der Waals surface area contributed by atoms with E-state index < -0.39 is 11.2 Å². The van der Waals surface area contributed by atoms with Gasteiger partial charge in [0.2, 0.25) is 0 Å². The summed E-state index contributed by atoms with van der Waals surface area (Å²) in [7, 11) is 1.75. The zero-order chi connectivity index (χ0) is 20.3. The van der Waals surface area contributed by atoms with Gasteiger partial charge in [-0.2, -0.15) is 5.10 Å². The summed E-state index contributed by atoms with van der Waals surface area (Å²) in [5.41, 5.74) is 1.31. The number of rotatable bonds is 2. The second-order valence-corrected chi connectivity index (χ2v) is 8.70. The van der Waals surface area contributed by atoms with Gasteiger partial charge >= 0.3 is 5.69 Å². The smallest absolute Gasteiger partial charge is 0.306 e. The molecule has 29 heavy (non-hydrogen) atoms. The lowest BCUT2D eigenvalue weighted by Gasteiger charge is -2.06. The molecule has 4 heterocycles. The molecule has 4 aromatic heterocycles. The van der Waals surface area contributed by atoms with Crippen LogP contribution in [0, 0.1) is 0 Å². The van der Waals surface area contributed by atoms with Gasteiger partial charge in [-0.15, -0.1) is 11.3 Å². The molecule has 0 unspecified atom stereocenters. The molecule has 0 saturated heterocycles. The summed E-state index contributed by atoms with van der Waals surface area (Å²) in [5.74, 6) is 0. The van der Waals surface area contributed by atoms with Gasteiger partial charge in [0.15, 0.2) is 0 Å². The number of aromatic amines is 1. The highest BCUT2D eigenvalue weighted by Crippen LogP contribution is 2.39. The van der Waals surface area contributed by atoms with Gasteiger partial charge in [-0.3, -0.25) is 14.5 Å². The Labute approximate surface area is 180 Å². The normalized spacial score (nSPS) is 11.6. The summed E-state index contributed by atoms with van der Waals surface area (Å²) < 4.78 is 3.94. The van der Waals surface area contributed by atoms with E-state index >= 15 is 0 Å². The Kier molecular flexibility index (Phi) is 4.19. The van der Waals surface area contributed by atoms with Crippen LogP contribution in [0.25, 0.3) is 37.2 Å². The summed E-state index contributed by atoms with van der Waals surface area (Å²) in [6, 6.07) is 7.25. The summed E-state index contributed by atoms with van der Waals surface area (Å²) in [5, 5.41) is 5.49. The van der Waals surface area contributed by atoms with Crippen LogP contribution in [0.1, 0.15) is 0 Å². The predicted octanol–water partition coefficient (Wildman–Crippen LogP) is 4.11. The van der Waals surface area contributed by atoms with E-state index in [2.05, 4.69) is 31.0 Å². The van der Waals surface area contributed by atoms with Crippen molar-refractivity contribution in [3.05, 3.63) is 73.2 Å². The second-order valence-electron chi connectivity index (χ2n) is 6.39. The van der Waals surface area contributed by atoms with Crippen LogP contribution in [-0.4, -0.2) is 24.3 Å². The predicted molar refractivity (Wildman–Crippen MR) is 118 cm³/mol. The maximum atomic E-state index is 13.3. The van der Waals surface area contributed by atoms with E-state index in [9.17, 15) is 9.59 Å². The van der Waals surface area contributed by atoms with Gasteiger partial charge in [0.25, 0.3) is 5.56 Å². The Morgan fingerprint density at radius 1 is 1.21 bits per heavy atom. The molecule has 0 spiro atoms. The monoisotopic (exact) mass is 487 g/mol. The summed E-state index contributed by atoms with van der Waals surface area (Å²) in [6.45, 7) is 0. The molecule has 5 aromatic rings. The molecule has 0 radical (unpaired) electrons. The van der Waals surface area contributed by atoms with E-state index in [0.29, 0.717) is 26.4 Å². The van der Waals surface area contributed by atoms with Crippen molar-refractivity contribution in [2.75, 3.05) is 0 Å². The Bertz CT molecular complexity index is 1530. The zero-order valence-corrected chi connectivity index (χ0v) is 18.0. The summed E-state index contributed by atoms with van der Waals surface area (Å²) >= 11 is 11.1. The van der Waals surface area contributed by atoms with E-state index in [0.717, 1.165) is 24.9 Å². The van der Waals surface area contributed by atoms with E-state index in [4.69, 9.17) is 11.6 Å². The second kappa shape index (κ2) is 6.65. The first-order valence-corrected chi connectivity index (χ1v) is 10.4. The first-order chi connectivity index (χ1) is 14.0. The molecule has 0 amide bonds. The van der Waals surface area contributed by atoms with Crippen molar-refractivity contribution in [1.82, 2.24) is 24.3 Å². The third-order valence-electron chi connectivity index (χ3n) is 4.64. The zero-order valence-electron chi connectivity index (χ0n) is 14.8. The van der Waals surface area contributed by atoms with Crippen molar-refractivity contribution in [3.63, 3.8) is 0 Å². The average molecular weight is 489 g/mol. The fraction of sp³-hybridized carbons (Fsp3) is 0.0526. The molecule has 1 N–H and O–H groups in total. The van der Waals surface area contributed by atoms with E-state index in [1.807, 2.05) is 12.1 Å². The third kappa shape index (κ3) is 2.77. The van der Waals surface area contributed by atoms with Crippen LogP contribution in [0.3, 0.4) is 0 Å². The fourth-order valence-corrected chi connectivity index (χ4v) is 5.63. The minimum Gasteiger partial charge on any atom is -0.306 e. The molecule has 0 atom stereocenters. The van der Waals surface area contributed by atoms with Crippen LogP contribution < -0.4 is 11.2 Å². The Morgan fingerprint density at radius 2 is 2.03 bits per heavy atom. The number of hydrogen-bond acceptors (Lipinski definition) is 5. The topological polar surface area (TPSA) is 85.6 Å². The van der Waals surface area contributed by atoms with Crippen LogP contribution in [0.4, 0.5) is 0 Å². The van der Waals surface area contributed by atoms with Crippen molar-refractivity contribution >= 4 is 60.0 Å². The number of H-pyrrole nitrogens is 1. The maximum absolute atomic E-state index is 13.3. The number of aromatic nitrogens is 5. The highest BCUT2D eigenvalue weighted by molar-refractivity contribution is 9.10. The molecule has 144 valence electrons. The lowest BCUT2D eigenvalue weighted by molar-refractivity contribution is 0.788. The molecule has 10 heteroatoms. The van der Waals surface area contributed by atoms with Crippen molar-refractivity contribution < 1.29 is 0 Å². The van der Waals surface area contributed by atoms with Gasteiger partial charge in [-0.1, -0.05) is 33.6 Å². The van der Waals surface area contributed by atoms with Gasteiger partial charge in [-0.05, 0) is 18.2 Å². The Balaban J connectivity index is 1.83. The van der Waals surface area contributed by atoms with E-state index in [1.165, 1.54) is 17.5 Å². The number of halogens is 2. The highest BCUT2D eigenvalue weighted by atomic mass is 79.9. The van der Waals surface area contributed by atoms with Gasteiger partial charge in [0, 0.05) is 33.5 Å². The van der Waals surface area contributed by atoms with Crippen LogP contribution >= 0.6 is 38.9 Å². The summed E-state index contributed by atoms with van der Waals surface area (Å²) in [4.78, 5) is 33.9. The molecule has 0 saturated carbocycles. The molecule has 1 aromatic carbocycles. The molecule has 0 aliphatic heterocycles. The highest BCUT2D eigenvalue weighted by Gasteiger charge is 2.18. The van der Waals surface area contributed by atoms with Crippen LogP contribution in [-0.2, 0) is 7.05 Å². The third-order valence-corrected chi connectivity index (χ3v) is 6.76. The maximum Gasteiger partial charge on any atom is 0.333 e. The van der Waals surface area contributed by atoms with Crippen molar-refractivity contribution in [3.8, 4) is 16.1 Å². The molecular weight excluding hydrogens is 478 g/mol. The SMILES string of the molecule is Cn1ncc2cncc(-n3c(=O)[nH]c4cc(-c5c(Cl)cccc5Br)sc4c3=O)c21. The standard InChI is InChI=1S/C19H11BrClN5O2S/c1-25-16-9(7-23-25)6-22-8-13(16)26-18(27)17-12(24-19(26)28)5-14(29-17)15-10(20)3-2-4-11(15)21/h2-8H,1H3,(H,24,28). The molecule has 0 aliphatic carbocycles. The quantitative estimate of drug-likeness (QED) is 0.405. The number of fused-ring (bicyclic) bond motifs is 2. The van der Waals surface area contributed by atoms with Crippen LogP contribution in [0.2, 0.25) is 5.02 Å². The Hall–Kier alpha value is -2.75. The largest absolute Gasteiger partial charge is 0.333 e. The minimum absolute atomic E-state index is 0.379. The number of thiophene rings is 1. The average Bonchev–Trinajstić information content (AvgIpc) is 3.26. The van der Waals surface area contributed by atoms with E-state index in [1.54, 1.807) is 36.3 Å². The van der Waals surface area contributed by atoms with Crippen LogP contribution in [0.5, 0.6) is 0 Å². The molecule has 5 rings (SSSR count). The fourth-order valence-electron chi connectivity index (χ4n) is 3.36. The molecule has 0 fully saturated rings. The summed E-state index contributed by atoms with van der Waals surface area (Å²) in [6.07, 6.45) is 4.77. The van der Waals surface area contributed by atoms with Crippen molar-refractivity contribution in [2.45, 2.75) is 0 Å². The lowest BCUT2D eigenvalue weighted by atomic mass is 10.2. The molecule has 0 aliphatic rings. The van der Waals surface area contributed by atoms with Gasteiger partial charge in [0.1, 0.15) is 4.70 Å².